The molecule has 0 aliphatic rings. The Morgan fingerprint density at radius 3 is 2.65 bits per heavy atom. The lowest BCUT2D eigenvalue weighted by molar-refractivity contribution is 0.103. The minimum Gasteiger partial charge on any atom is -0.320 e. The van der Waals surface area contributed by atoms with Crippen LogP contribution < -0.4 is 5.32 Å². The average molecular weight is 278 g/mol. The van der Waals surface area contributed by atoms with Crippen LogP contribution in [0, 0.1) is 11.3 Å². The van der Waals surface area contributed by atoms with Crippen LogP contribution in [0.2, 0.25) is 0 Å². The van der Waals surface area contributed by atoms with Gasteiger partial charge in [0.25, 0.3) is 5.91 Å². The number of carbonyl (C=O) groups is 1. The molecule has 0 spiro atoms. The van der Waals surface area contributed by atoms with E-state index in [4.69, 9.17) is 5.26 Å². The molecule has 4 heteroatoms. The fourth-order valence-corrected chi connectivity index (χ4v) is 2.93. The molecule has 1 N–H and O–H groups in total. The standard InChI is InChI=1S/C16H10N2OS/c17-10-12-6-1-3-7-13(12)18-16(19)15-9-11-5-2-4-8-14(11)20-15/h1-9H,(H,18,19). The van der Waals surface area contributed by atoms with Gasteiger partial charge in [0.2, 0.25) is 0 Å². The number of fused-ring (bicyclic) bond motifs is 1. The smallest absolute Gasteiger partial charge is 0.265 e. The number of para-hydroxylation sites is 1. The Morgan fingerprint density at radius 2 is 1.85 bits per heavy atom. The van der Waals surface area contributed by atoms with Crippen LogP contribution in [0.15, 0.2) is 54.6 Å². The summed E-state index contributed by atoms with van der Waals surface area (Å²) in [6, 6.07) is 18.8. The number of hydrogen-bond donors (Lipinski definition) is 1. The highest BCUT2D eigenvalue weighted by Crippen LogP contribution is 2.26. The molecule has 2 aromatic carbocycles. The third-order valence-corrected chi connectivity index (χ3v) is 4.06. The molecule has 0 unspecified atom stereocenters. The first-order valence-corrected chi connectivity index (χ1v) is 6.88. The number of nitrogens with one attached hydrogen (secondary N) is 1. The summed E-state index contributed by atoms with van der Waals surface area (Å²) in [5, 5.41) is 12.9. The Labute approximate surface area is 120 Å². The van der Waals surface area contributed by atoms with Gasteiger partial charge in [-0.3, -0.25) is 4.79 Å². The summed E-state index contributed by atoms with van der Waals surface area (Å²) in [7, 11) is 0. The highest BCUT2D eigenvalue weighted by atomic mass is 32.1. The normalized spacial score (nSPS) is 10.2. The molecule has 0 aliphatic carbocycles. The van der Waals surface area contributed by atoms with Crippen LogP contribution in [-0.2, 0) is 0 Å². The topological polar surface area (TPSA) is 52.9 Å². The number of nitrogens with zero attached hydrogens (tertiary/aromatic N) is 1. The number of amides is 1. The van der Waals surface area contributed by atoms with E-state index in [0.29, 0.717) is 16.1 Å². The maximum Gasteiger partial charge on any atom is 0.265 e. The zero-order valence-corrected chi connectivity index (χ0v) is 11.3. The number of carbonyl (C=O) groups excluding carboxylic acids is 1. The molecule has 1 aromatic heterocycles. The van der Waals surface area contributed by atoms with Gasteiger partial charge in [-0.15, -0.1) is 11.3 Å². The lowest BCUT2D eigenvalue weighted by Gasteiger charge is -2.04. The Kier molecular flexibility index (Phi) is 3.20. The van der Waals surface area contributed by atoms with E-state index in [1.165, 1.54) is 11.3 Å². The average Bonchev–Trinajstić information content (AvgIpc) is 2.92. The second-order valence-corrected chi connectivity index (χ2v) is 5.34. The number of nitriles is 1. The van der Waals surface area contributed by atoms with Crippen LogP contribution in [0.25, 0.3) is 10.1 Å². The van der Waals surface area contributed by atoms with Crippen molar-refractivity contribution in [3.63, 3.8) is 0 Å². The predicted molar refractivity (Wildman–Crippen MR) is 80.9 cm³/mol. The van der Waals surface area contributed by atoms with Crippen LogP contribution in [-0.4, -0.2) is 5.91 Å². The van der Waals surface area contributed by atoms with Crippen molar-refractivity contribution < 1.29 is 4.79 Å². The fourth-order valence-electron chi connectivity index (χ4n) is 1.97. The van der Waals surface area contributed by atoms with Gasteiger partial charge < -0.3 is 5.32 Å². The molecule has 0 atom stereocenters. The number of anilines is 1. The summed E-state index contributed by atoms with van der Waals surface area (Å²) < 4.78 is 1.08. The van der Waals surface area contributed by atoms with Gasteiger partial charge in [0, 0.05) is 4.70 Å². The first kappa shape index (κ1) is 12.4. The van der Waals surface area contributed by atoms with E-state index in [9.17, 15) is 4.79 Å². The zero-order valence-electron chi connectivity index (χ0n) is 10.5. The molecule has 1 amide bonds. The van der Waals surface area contributed by atoms with Crippen LogP contribution in [0.3, 0.4) is 0 Å². The lowest BCUT2D eigenvalue weighted by Crippen LogP contribution is -2.11. The van der Waals surface area contributed by atoms with Crippen LogP contribution in [0.1, 0.15) is 15.2 Å². The summed E-state index contributed by atoms with van der Waals surface area (Å²) in [6.07, 6.45) is 0. The van der Waals surface area contributed by atoms with Crippen LogP contribution in [0.4, 0.5) is 5.69 Å². The Bertz CT molecular complexity index is 797. The predicted octanol–water partition coefficient (Wildman–Crippen LogP) is 4.03. The van der Waals surface area contributed by atoms with E-state index >= 15 is 0 Å². The molecule has 0 saturated carbocycles. The Hall–Kier alpha value is -2.64. The molecule has 0 saturated heterocycles. The molecule has 1 heterocycles. The van der Waals surface area contributed by atoms with Gasteiger partial charge in [-0.25, -0.2) is 0 Å². The monoisotopic (exact) mass is 278 g/mol. The van der Waals surface area contributed by atoms with Gasteiger partial charge in [0.15, 0.2) is 0 Å². The third-order valence-electron chi connectivity index (χ3n) is 2.95. The van der Waals surface area contributed by atoms with Crippen molar-refractivity contribution in [3.8, 4) is 6.07 Å². The highest BCUT2D eigenvalue weighted by molar-refractivity contribution is 7.20. The largest absolute Gasteiger partial charge is 0.320 e. The van der Waals surface area contributed by atoms with Crippen molar-refractivity contribution in [2.75, 3.05) is 5.32 Å². The van der Waals surface area contributed by atoms with Gasteiger partial charge in [-0.1, -0.05) is 30.3 Å². The Morgan fingerprint density at radius 1 is 1.10 bits per heavy atom. The maximum absolute atomic E-state index is 12.2. The second kappa shape index (κ2) is 5.16. The highest BCUT2D eigenvalue weighted by Gasteiger charge is 2.11. The van der Waals surface area contributed by atoms with E-state index in [-0.39, 0.29) is 5.91 Å². The molecule has 20 heavy (non-hydrogen) atoms. The number of hydrogen-bond acceptors (Lipinski definition) is 3. The lowest BCUT2D eigenvalue weighted by atomic mass is 10.2. The first-order chi connectivity index (χ1) is 9.78. The van der Waals surface area contributed by atoms with E-state index in [0.717, 1.165) is 10.1 Å². The van der Waals surface area contributed by atoms with Crippen molar-refractivity contribution in [3.05, 3.63) is 65.0 Å². The first-order valence-electron chi connectivity index (χ1n) is 6.07. The minimum atomic E-state index is -0.186. The van der Waals surface area contributed by atoms with E-state index in [1.54, 1.807) is 24.3 Å². The number of thiophene rings is 1. The van der Waals surface area contributed by atoms with Crippen molar-refractivity contribution in [2.45, 2.75) is 0 Å². The van der Waals surface area contributed by atoms with Gasteiger partial charge in [-0.05, 0) is 29.7 Å². The van der Waals surface area contributed by atoms with Gasteiger partial charge in [0.1, 0.15) is 6.07 Å². The van der Waals surface area contributed by atoms with Gasteiger partial charge in [-0.2, -0.15) is 5.26 Å². The quantitative estimate of drug-likeness (QED) is 0.769. The second-order valence-electron chi connectivity index (χ2n) is 4.26. The van der Waals surface area contributed by atoms with Crippen LogP contribution >= 0.6 is 11.3 Å². The molecule has 96 valence electrons. The summed E-state index contributed by atoms with van der Waals surface area (Å²) in [4.78, 5) is 12.9. The van der Waals surface area contributed by atoms with Crippen molar-refractivity contribution in [2.24, 2.45) is 0 Å². The molecular formula is C16H10N2OS. The summed E-state index contributed by atoms with van der Waals surface area (Å²) in [5.41, 5.74) is 0.999. The molecule has 0 fully saturated rings. The summed E-state index contributed by atoms with van der Waals surface area (Å²) in [6.45, 7) is 0. The minimum absolute atomic E-state index is 0.186. The molecule has 3 aromatic rings. The molecule has 3 rings (SSSR count). The van der Waals surface area contributed by atoms with E-state index in [2.05, 4.69) is 11.4 Å². The van der Waals surface area contributed by atoms with Crippen molar-refractivity contribution >= 4 is 33.0 Å². The van der Waals surface area contributed by atoms with E-state index < -0.39 is 0 Å². The molecule has 0 radical (unpaired) electrons. The van der Waals surface area contributed by atoms with Crippen molar-refractivity contribution in [1.82, 2.24) is 0 Å². The Balaban J connectivity index is 1.91. The number of rotatable bonds is 2. The van der Waals surface area contributed by atoms with Crippen LogP contribution in [0.5, 0.6) is 0 Å². The third kappa shape index (κ3) is 2.27. The van der Waals surface area contributed by atoms with Crippen molar-refractivity contribution in [1.29, 1.82) is 5.26 Å². The summed E-state index contributed by atoms with van der Waals surface area (Å²) in [5.74, 6) is -0.186. The maximum atomic E-state index is 12.2. The van der Waals surface area contributed by atoms with Gasteiger partial charge >= 0.3 is 0 Å². The molecule has 3 nitrogen and oxygen atoms in total. The van der Waals surface area contributed by atoms with E-state index in [1.807, 2.05) is 30.3 Å². The van der Waals surface area contributed by atoms with Gasteiger partial charge in [0.05, 0.1) is 16.1 Å². The SMILES string of the molecule is N#Cc1ccccc1NC(=O)c1cc2ccccc2s1. The number of benzene rings is 2. The fraction of sp³-hybridized carbons (Fsp3) is 0. The molecule has 0 aliphatic heterocycles. The zero-order chi connectivity index (χ0) is 13.9. The molecule has 0 bridgehead atoms. The molecular weight excluding hydrogens is 268 g/mol. The summed E-state index contributed by atoms with van der Waals surface area (Å²) >= 11 is 1.44.